The molecule has 20 heavy (non-hydrogen) atoms. The normalized spacial score (nSPS) is 12.8. The number of primary amides is 1. The van der Waals surface area contributed by atoms with Crippen LogP contribution >= 0.6 is 34.8 Å². The summed E-state index contributed by atoms with van der Waals surface area (Å²) in [5.41, 5.74) is 5.64. The zero-order valence-corrected chi connectivity index (χ0v) is 12.6. The Kier molecular flexibility index (Phi) is 5.62. The SMILES string of the molecule is Cc1cc(C(C(N)=O)C(=O)OCC(Cl)(Cl)Cl)ccc1F. The van der Waals surface area contributed by atoms with Gasteiger partial charge in [0.05, 0.1) is 0 Å². The van der Waals surface area contributed by atoms with Crippen molar-refractivity contribution in [3.8, 4) is 0 Å². The topological polar surface area (TPSA) is 69.4 Å². The molecule has 0 saturated carbocycles. The number of esters is 1. The summed E-state index contributed by atoms with van der Waals surface area (Å²) in [5, 5.41) is 0. The summed E-state index contributed by atoms with van der Waals surface area (Å²) in [5.74, 6) is -3.76. The molecule has 0 aliphatic heterocycles. The first-order valence-electron chi connectivity index (χ1n) is 5.40. The highest BCUT2D eigenvalue weighted by Crippen LogP contribution is 2.27. The van der Waals surface area contributed by atoms with E-state index < -0.39 is 34.0 Å². The molecule has 0 radical (unpaired) electrons. The van der Waals surface area contributed by atoms with E-state index in [9.17, 15) is 14.0 Å². The minimum Gasteiger partial charge on any atom is -0.460 e. The van der Waals surface area contributed by atoms with Gasteiger partial charge in [-0.1, -0.05) is 46.9 Å². The van der Waals surface area contributed by atoms with E-state index in [-0.39, 0.29) is 11.1 Å². The molecule has 110 valence electrons. The highest BCUT2D eigenvalue weighted by molar-refractivity contribution is 6.67. The van der Waals surface area contributed by atoms with E-state index in [0.717, 1.165) is 6.07 Å². The molecule has 0 saturated heterocycles. The summed E-state index contributed by atoms with van der Waals surface area (Å²) < 4.78 is 16.1. The second-order valence-electron chi connectivity index (χ2n) is 4.07. The van der Waals surface area contributed by atoms with Gasteiger partial charge in [0.2, 0.25) is 9.70 Å². The van der Waals surface area contributed by atoms with Crippen LogP contribution in [0.4, 0.5) is 4.39 Å². The van der Waals surface area contributed by atoms with Crippen molar-refractivity contribution in [1.29, 1.82) is 0 Å². The van der Waals surface area contributed by atoms with E-state index in [2.05, 4.69) is 0 Å². The maximum Gasteiger partial charge on any atom is 0.323 e. The average molecular weight is 343 g/mol. The number of nitrogens with two attached hydrogens (primary N) is 1. The van der Waals surface area contributed by atoms with Gasteiger partial charge >= 0.3 is 5.97 Å². The second-order valence-corrected chi connectivity index (χ2v) is 6.58. The number of aryl methyl sites for hydroxylation is 1. The quantitative estimate of drug-likeness (QED) is 0.519. The van der Waals surface area contributed by atoms with Crippen LogP contribution in [0.3, 0.4) is 0 Å². The summed E-state index contributed by atoms with van der Waals surface area (Å²) in [6.07, 6.45) is 0. The first kappa shape index (κ1) is 17.0. The van der Waals surface area contributed by atoms with Gasteiger partial charge in [-0.25, -0.2) is 4.39 Å². The summed E-state index contributed by atoms with van der Waals surface area (Å²) in [4.78, 5) is 23.2. The van der Waals surface area contributed by atoms with E-state index in [4.69, 9.17) is 45.3 Å². The fraction of sp³-hybridized carbons (Fsp3) is 0.333. The Hall–Kier alpha value is -1.04. The zero-order valence-electron chi connectivity index (χ0n) is 10.3. The molecule has 0 fully saturated rings. The van der Waals surface area contributed by atoms with Gasteiger partial charge in [-0.3, -0.25) is 9.59 Å². The van der Waals surface area contributed by atoms with Gasteiger partial charge in [-0.05, 0) is 24.1 Å². The van der Waals surface area contributed by atoms with Crippen LogP contribution in [0.5, 0.6) is 0 Å². The number of carbonyl (C=O) groups excluding carboxylic acids is 2. The second kappa shape index (κ2) is 6.61. The van der Waals surface area contributed by atoms with Gasteiger partial charge in [-0.15, -0.1) is 0 Å². The highest BCUT2D eigenvalue weighted by atomic mass is 35.6. The minimum atomic E-state index is -1.80. The molecule has 1 aromatic carbocycles. The first-order valence-corrected chi connectivity index (χ1v) is 6.54. The average Bonchev–Trinajstić information content (AvgIpc) is 2.30. The van der Waals surface area contributed by atoms with Crippen LogP contribution in [0, 0.1) is 12.7 Å². The number of amides is 1. The zero-order chi connectivity index (χ0) is 15.5. The summed E-state index contributed by atoms with van der Waals surface area (Å²) in [7, 11) is 0. The molecule has 1 atom stereocenters. The summed E-state index contributed by atoms with van der Waals surface area (Å²) in [6, 6.07) is 3.73. The molecule has 1 unspecified atom stereocenters. The monoisotopic (exact) mass is 341 g/mol. The van der Waals surface area contributed by atoms with Crippen molar-refractivity contribution in [3.05, 3.63) is 35.1 Å². The van der Waals surface area contributed by atoms with Gasteiger partial charge < -0.3 is 10.5 Å². The highest BCUT2D eigenvalue weighted by Gasteiger charge is 2.31. The predicted octanol–water partition coefficient (Wildman–Crippen LogP) is 2.62. The summed E-state index contributed by atoms with van der Waals surface area (Å²) >= 11 is 16.3. The van der Waals surface area contributed by atoms with Crippen molar-refractivity contribution in [3.63, 3.8) is 0 Å². The number of alkyl halides is 3. The molecule has 8 heteroatoms. The molecule has 0 spiro atoms. The largest absolute Gasteiger partial charge is 0.460 e. The van der Waals surface area contributed by atoms with Gasteiger partial charge in [0.25, 0.3) is 0 Å². The van der Waals surface area contributed by atoms with Crippen molar-refractivity contribution >= 4 is 46.7 Å². The molecule has 1 aromatic rings. The third kappa shape index (κ3) is 4.81. The standard InChI is InChI=1S/C12H11Cl3FNO3/c1-6-4-7(2-3-8(6)16)9(10(17)18)11(19)20-5-12(13,14)15/h2-4,9H,5H2,1H3,(H2,17,18). The molecule has 0 aromatic heterocycles. The maximum absolute atomic E-state index is 13.2. The summed E-state index contributed by atoms with van der Waals surface area (Å²) in [6.45, 7) is 0.962. The van der Waals surface area contributed by atoms with Crippen LogP contribution in [-0.4, -0.2) is 22.3 Å². The lowest BCUT2D eigenvalue weighted by molar-refractivity contribution is -0.148. The molecule has 1 rings (SSSR count). The molecule has 1 amide bonds. The number of benzene rings is 1. The molecule has 0 bridgehead atoms. The van der Waals surface area contributed by atoms with Gasteiger partial charge in [-0.2, -0.15) is 0 Å². The molecule has 0 heterocycles. The van der Waals surface area contributed by atoms with Crippen LogP contribution in [0.25, 0.3) is 0 Å². The fourth-order valence-electron chi connectivity index (χ4n) is 1.50. The molecular weight excluding hydrogens is 331 g/mol. The lowest BCUT2D eigenvalue weighted by atomic mass is 9.97. The third-order valence-electron chi connectivity index (χ3n) is 2.41. The first-order chi connectivity index (χ1) is 9.11. The van der Waals surface area contributed by atoms with Crippen molar-refractivity contribution in [2.75, 3.05) is 6.61 Å². The van der Waals surface area contributed by atoms with Crippen molar-refractivity contribution in [1.82, 2.24) is 0 Å². The Bertz CT molecular complexity index is 531. The number of carbonyl (C=O) groups is 2. The van der Waals surface area contributed by atoms with E-state index in [1.165, 1.54) is 19.1 Å². The van der Waals surface area contributed by atoms with Crippen LogP contribution < -0.4 is 5.73 Å². The van der Waals surface area contributed by atoms with Gasteiger partial charge in [0.15, 0.2) is 5.92 Å². The lowest BCUT2D eigenvalue weighted by Gasteiger charge is -2.16. The van der Waals surface area contributed by atoms with Crippen LogP contribution in [-0.2, 0) is 14.3 Å². The van der Waals surface area contributed by atoms with E-state index >= 15 is 0 Å². The van der Waals surface area contributed by atoms with Gasteiger partial charge in [0.1, 0.15) is 12.4 Å². The number of rotatable bonds is 4. The molecule has 0 aliphatic rings. The fourth-order valence-corrected chi connectivity index (χ4v) is 1.66. The molecule has 0 aliphatic carbocycles. The molecule has 4 nitrogen and oxygen atoms in total. The predicted molar refractivity (Wildman–Crippen MR) is 74.3 cm³/mol. The van der Waals surface area contributed by atoms with Gasteiger partial charge in [0, 0.05) is 0 Å². The lowest BCUT2D eigenvalue weighted by Crippen LogP contribution is -2.31. The van der Waals surface area contributed by atoms with Crippen LogP contribution in [0.1, 0.15) is 17.0 Å². The Morgan fingerprint density at radius 2 is 2.00 bits per heavy atom. The Balaban J connectivity index is 2.97. The third-order valence-corrected chi connectivity index (χ3v) is 2.74. The maximum atomic E-state index is 13.2. The van der Waals surface area contributed by atoms with E-state index in [1.54, 1.807) is 0 Å². The number of hydrogen-bond donors (Lipinski definition) is 1. The number of halogens is 4. The van der Waals surface area contributed by atoms with Crippen molar-refractivity contribution in [2.45, 2.75) is 16.6 Å². The number of hydrogen-bond acceptors (Lipinski definition) is 3. The Morgan fingerprint density at radius 1 is 1.40 bits per heavy atom. The smallest absolute Gasteiger partial charge is 0.323 e. The molecule has 2 N–H and O–H groups in total. The Morgan fingerprint density at radius 3 is 2.45 bits per heavy atom. The van der Waals surface area contributed by atoms with Crippen LogP contribution in [0.15, 0.2) is 18.2 Å². The van der Waals surface area contributed by atoms with Crippen molar-refractivity contribution < 1.29 is 18.7 Å². The minimum absolute atomic E-state index is 0.214. The number of ether oxygens (including phenoxy) is 1. The van der Waals surface area contributed by atoms with Crippen LogP contribution in [0.2, 0.25) is 0 Å². The van der Waals surface area contributed by atoms with E-state index in [0.29, 0.717) is 0 Å². The van der Waals surface area contributed by atoms with E-state index in [1.807, 2.05) is 0 Å². The Labute approximate surface area is 129 Å². The molecular formula is C12H11Cl3FNO3. The van der Waals surface area contributed by atoms with Crippen molar-refractivity contribution in [2.24, 2.45) is 5.73 Å².